The van der Waals surface area contributed by atoms with Crippen molar-refractivity contribution in [1.29, 1.82) is 0 Å². The number of likely N-dealkylation sites (N-methyl/N-ethyl adjacent to an activating group) is 1. The fourth-order valence-electron chi connectivity index (χ4n) is 7.56. The first kappa shape index (κ1) is 28.2. The number of carbonyl (C=O) groups excluding carboxylic acids is 3. The minimum atomic E-state index is -1.31. The minimum absolute atomic E-state index is 0.0224. The molecule has 42 heavy (non-hydrogen) atoms. The van der Waals surface area contributed by atoms with Gasteiger partial charge in [0, 0.05) is 29.8 Å². The van der Waals surface area contributed by atoms with Crippen LogP contribution in [0.4, 0.5) is 4.39 Å². The van der Waals surface area contributed by atoms with E-state index in [4.69, 9.17) is 10.2 Å². The number of benzene rings is 1. The number of piperidine rings is 1. The van der Waals surface area contributed by atoms with E-state index < -0.39 is 64.5 Å². The number of primary amides is 1. The molecule has 222 valence electrons. The minimum Gasteiger partial charge on any atom is -0.510 e. The molecule has 2 heterocycles. The van der Waals surface area contributed by atoms with Crippen molar-refractivity contribution < 1.29 is 38.5 Å². The number of aliphatic hydroxyl groups is 2. The number of likely N-dealkylation sites (tertiary alicyclic amines) is 1. The van der Waals surface area contributed by atoms with Crippen molar-refractivity contribution in [3.8, 4) is 17.1 Å². The number of phenolic OH excluding ortho intramolecular Hbond substituents is 1. The molecular weight excluding hydrogens is 545 g/mol. The summed E-state index contributed by atoms with van der Waals surface area (Å²) in [4.78, 5) is 43.1. The van der Waals surface area contributed by atoms with E-state index in [9.17, 15) is 34.1 Å². The number of hydrogen-bond acceptors (Lipinski definition) is 9. The molecule has 5 N–H and O–H groups in total. The fraction of sp³-hybridized carbons (Fsp3) is 0.452. The predicted octanol–water partition coefficient (Wildman–Crippen LogP) is 3.04. The Bertz CT molecular complexity index is 1560. The third-order valence-corrected chi connectivity index (χ3v) is 9.28. The van der Waals surface area contributed by atoms with Gasteiger partial charge in [0.15, 0.2) is 11.6 Å². The Hall–Kier alpha value is -3.96. The lowest BCUT2D eigenvalue weighted by atomic mass is 9.59. The van der Waals surface area contributed by atoms with Gasteiger partial charge < -0.3 is 25.5 Å². The molecule has 1 amide bonds. The topological polar surface area (TPSA) is 158 Å². The molecule has 0 bridgehead atoms. The molecule has 11 heteroatoms. The summed E-state index contributed by atoms with van der Waals surface area (Å²) in [5.74, 6) is -5.68. The Morgan fingerprint density at radius 3 is 2.62 bits per heavy atom. The van der Waals surface area contributed by atoms with Gasteiger partial charge in [0.25, 0.3) is 5.91 Å². The van der Waals surface area contributed by atoms with Gasteiger partial charge in [0.1, 0.15) is 34.8 Å². The number of ketones is 2. The van der Waals surface area contributed by atoms with Crippen LogP contribution in [0.1, 0.15) is 36.0 Å². The Morgan fingerprint density at radius 2 is 1.93 bits per heavy atom. The van der Waals surface area contributed by atoms with Crippen molar-refractivity contribution in [3.05, 3.63) is 58.1 Å². The van der Waals surface area contributed by atoms with Crippen LogP contribution in [0.15, 0.2) is 45.8 Å². The molecule has 10 nitrogen and oxygen atoms in total. The van der Waals surface area contributed by atoms with Crippen molar-refractivity contribution in [3.63, 3.8) is 0 Å². The second-order valence-corrected chi connectivity index (χ2v) is 12.0. The number of aromatic hydroxyl groups is 1. The molecule has 1 saturated carbocycles. The average Bonchev–Trinajstić information content (AvgIpc) is 3.35. The highest BCUT2D eigenvalue weighted by atomic mass is 19.1. The number of alkyl halides is 1. The van der Waals surface area contributed by atoms with Crippen LogP contribution in [-0.4, -0.2) is 82.0 Å². The second-order valence-electron chi connectivity index (χ2n) is 12.0. The molecule has 2 fully saturated rings. The number of rotatable bonds is 5. The lowest BCUT2D eigenvalue weighted by Gasteiger charge is -2.46. The molecule has 4 aliphatic rings. The van der Waals surface area contributed by atoms with Crippen LogP contribution >= 0.6 is 0 Å². The zero-order chi connectivity index (χ0) is 30.0. The number of halogens is 1. The Morgan fingerprint density at radius 1 is 1.17 bits per heavy atom. The maximum Gasteiger partial charge on any atom is 0.255 e. The maximum atomic E-state index is 14.1. The zero-order valence-corrected chi connectivity index (χ0v) is 23.5. The Balaban J connectivity index is 1.43. The van der Waals surface area contributed by atoms with Crippen LogP contribution in [-0.2, 0) is 27.3 Å². The van der Waals surface area contributed by atoms with Gasteiger partial charge in [0.05, 0.1) is 23.8 Å². The summed E-state index contributed by atoms with van der Waals surface area (Å²) >= 11 is 0. The first-order chi connectivity index (χ1) is 20.0. The van der Waals surface area contributed by atoms with Crippen LogP contribution in [0.3, 0.4) is 0 Å². The summed E-state index contributed by atoms with van der Waals surface area (Å²) in [5.41, 5.74) is 7.01. The second kappa shape index (κ2) is 10.4. The molecule has 1 aromatic heterocycles. The summed E-state index contributed by atoms with van der Waals surface area (Å²) in [5, 5.41) is 33.3. The van der Waals surface area contributed by atoms with Gasteiger partial charge in [-0.05, 0) is 81.9 Å². The third-order valence-electron chi connectivity index (χ3n) is 9.28. The summed E-state index contributed by atoms with van der Waals surface area (Å²) in [7, 11) is 3.36. The molecule has 4 unspecified atom stereocenters. The van der Waals surface area contributed by atoms with Crippen LogP contribution < -0.4 is 5.73 Å². The van der Waals surface area contributed by atoms with Crippen LogP contribution in [0, 0.1) is 17.8 Å². The Kier molecular flexibility index (Phi) is 6.97. The first-order valence-corrected chi connectivity index (χ1v) is 14.2. The number of nitrogens with two attached hydrogens (primary N) is 1. The highest BCUT2D eigenvalue weighted by Gasteiger charge is 2.55. The van der Waals surface area contributed by atoms with Crippen molar-refractivity contribution >= 4 is 23.2 Å². The van der Waals surface area contributed by atoms with Gasteiger partial charge >= 0.3 is 0 Å². The summed E-state index contributed by atoms with van der Waals surface area (Å²) in [6.45, 7) is 1.58. The number of aliphatic hydroxyl groups excluding tert-OH is 2. The fourth-order valence-corrected chi connectivity index (χ4v) is 7.56. The lowest BCUT2D eigenvalue weighted by molar-refractivity contribution is -0.136. The molecule has 2 aromatic rings. The number of phenols is 1. The number of fused-ring (bicyclic) bond motifs is 3. The molecular formula is C31H34FN3O7. The van der Waals surface area contributed by atoms with E-state index in [2.05, 4.69) is 0 Å². The summed E-state index contributed by atoms with van der Waals surface area (Å²) < 4.78 is 20.0. The van der Waals surface area contributed by atoms with Crippen molar-refractivity contribution in [2.45, 2.75) is 44.4 Å². The predicted molar refractivity (Wildman–Crippen MR) is 150 cm³/mol. The largest absolute Gasteiger partial charge is 0.510 e. The summed E-state index contributed by atoms with van der Waals surface area (Å²) in [6.07, 6.45) is 2.50. The number of nitrogens with zero attached hydrogens (tertiary/aromatic N) is 2. The van der Waals surface area contributed by atoms with Crippen LogP contribution in [0.25, 0.3) is 17.1 Å². The van der Waals surface area contributed by atoms with Gasteiger partial charge in [0.2, 0.25) is 0 Å². The molecule has 1 aromatic carbocycles. The molecule has 0 radical (unpaired) electrons. The standard InChI is InChI=1S/C31H34FN3O7/c1-34(2)25-19-11-15-10-18-17(30-14(7-9-42-30)12-35-8-3-4-16(32)13-35)5-6-20(36)22(18)26(37)21(15)27(38)23(19)28(39)24(29(25)40)31(33)41/h5-7,9,15-16,19,23,25,36-37,40H,3-4,8,10-13H2,1-2H3,(H2,33,41)/t15?,16?,19?,23?,25-/m0/s1. The van der Waals surface area contributed by atoms with E-state index in [-0.39, 0.29) is 29.7 Å². The van der Waals surface area contributed by atoms with Gasteiger partial charge in [-0.1, -0.05) is 0 Å². The Labute approximate surface area is 241 Å². The van der Waals surface area contributed by atoms with Crippen molar-refractivity contribution in [2.75, 3.05) is 27.2 Å². The molecule has 3 aliphatic carbocycles. The first-order valence-electron chi connectivity index (χ1n) is 14.2. The molecule has 1 saturated heterocycles. The number of furan rings is 1. The lowest BCUT2D eigenvalue weighted by Crippen LogP contribution is -2.55. The van der Waals surface area contributed by atoms with Gasteiger partial charge in [-0.25, -0.2) is 4.39 Å². The van der Waals surface area contributed by atoms with Crippen molar-refractivity contribution in [2.24, 2.45) is 23.5 Å². The van der Waals surface area contributed by atoms with E-state index in [1.54, 1.807) is 31.3 Å². The number of Topliss-reactive ketones (excluding diaryl/α,β-unsaturated/α-hetero) is 2. The monoisotopic (exact) mass is 579 g/mol. The quantitative estimate of drug-likeness (QED) is 0.309. The van der Waals surface area contributed by atoms with Crippen LogP contribution in [0.5, 0.6) is 5.75 Å². The van der Waals surface area contributed by atoms with Gasteiger partial charge in [-0.15, -0.1) is 0 Å². The smallest absolute Gasteiger partial charge is 0.255 e. The maximum absolute atomic E-state index is 14.1. The normalized spacial score (nSPS) is 28.1. The highest BCUT2D eigenvalue weighted by Crippen LogP contribution is 2.52. The molecule has 1 aliphatic heterocycles. The van der Waals surface area contributed by atoms with E-state index in [1.807, 2.05) is 11.0 Å². The number of hydrogen-bond donors (Lipinski definition) is 4. The molecule has 0 spiro atoms. The van der Waals surface area contributed by atoms with E-state index in [0.29, 0.717) is 36.4 Å². The highest BCUT2D eigenvalue weighted by molar-refractivity contribution is 6.28. The van der Waals surface area contributed by atoms with Crippen LogP contribution in [0.2, 0.25) is 0 Å². The molecule has 6 rings (SSSR count). The third kappa shape index (κ3) is 4.33. The number of carbonyl (C=O) groups is 3. The molecule has 5 atom stereocenters. The van der Waals surface area contributed by atoms with E-state index >= 15 is 0 Å². The SMILES string of the molecule is CN(C)[C@@H]1C(O)=C(C(N)=O)C(=O)C2C(=O)C3=C(O)c4c(O)ccc(-c5occc5CN5CCCC(F)C5)c4CC3CC21. The zero-order valence-electron chi connectivity index (χ0n) is 23.5. The van der Waals surface area contributed by atoms with E-state index in [1.165, 1.54) is 6.07 Å². The average molecular weight is 580 g/mol. The van der Waals surface area contributed by atoms with Gasteiger partial charge in [-0.3, -0.25) is 24.2 Å². The number of allylic oxidation sites excluding steroid dienone is 1. The van der Waals surface area contributed by atoms with E-state index in [0.717, 1.165) is 18.5 Å². The summed E-state index contributed by atoms with van der Waals surface area (Å²) in [6, 6.07) is 4.15. The van der Waals surface area contributed by atoms with Crippen molar-refractivity contribution in [1.82, 2.24) is 9.80 Å². The van der Waals surface area contributed by atoms with Gasteiger partial charge in [-0.2, -0.15) is 0 Å². The number of amides is 1.